The summed E-state index contributed by atoms with van der Waals surface area (Å²) in [5.41, 5.74) is 11.7. The lowest BCUT2D eigenvalue weighted by Gasteiger charge is -2.19. The number of nitrogens with one attached hydrogen (secondary N) is 2. The third-order valence-electron chi connectivity index (χ3n) is 3.71. The van der Waals surface area contributed by atoms with Crippen LogP contribution in [0.1, 0.15) is 0 Å². The van der Waals surface area contributed by atoms with Crippen molar-refractivity contribution >= 4 is 6.03 Å². The molecule has 0 saturated carbocycles. The number of urea groups is 1. The smallest absolute Gasteiger partial charge is 0.314 e. The lowest BCUT2D eigenvalue weighted by atomic mass is 9.98. The van der Waals surface area contributed by atoms with E-state index < -0.39 is 0 Å². The van der Waals surface area contributed by atoms with Gasteiger partial charge in [-0.05, 0) is 12.1 Å². The topological polar surface area (TPSA) is 92.5 Å². The number of hydrogen-bond donors (Lipinski definition) is 3. The normalized spacial score (nSPS) is 29.3. The molecule has 19 heavy (non-hydrogen) atoms. The number of aromatic nitrogens is 1. The number of hydrogen-bond acceptors (Lipinski definition) is 5. The van der Waals surface area contributed by atoms with Gasteiger partial charge >= 0.3 is 6.03 Å². The Morgan fingerprint density at radius 2 is 2.42 bits per heavy atom. The van der Waals surface area contributed by atoms with Crippen LogP contribution in [0, 0.1) is 5.92 Å². The standard InChI is InChI=1S/C12H17N5O2/c13-12(18)17-5-9-10(6-17)15-16-11(9)7-19-8-2-1-3-14-4-8/h1-4,9-11,15-16H,5-7H2,(H2,13,18). The Kier molecular flexibility index (Phi) is 3.22. The predicted molar refractivity (Wildman–Crippen MR) is 68.2 cm³/mol. The summed E-state index contributed by atoms with van der Waals surface area (Å²) in [6.45, 7) is 1.85. The highest BCUT2D eigenvalue weighted by atomic mass is 16.5. The summed E-state index contributed by atoms with van der Waals surface area (Å²) >= 11 is 0. The molecule has 7 heteroatoms. The predicted octanol–water partition coefficient (Wildman–Crippen LogP) is -0.684. The summed E-state index contributed by atoms with van der Waals surface area (Å²) in [6.07, 6.45) is 3.39. The fourth-order valence-corrected chi connectivity index (χ4v) is 2.67. The molecule has 102 valence electrons. The molecule has 2 amide bonds. The Bertz CT molecular complexity index is 455. The van der Waals surface area contributed by atoms with Crippen LogP contribution in [-0.4, -0.2) is 47.7 Å². The molecule has 3 atom stereocenters. The summed E-state index contributed by atoms with van der Waals surface area (Å²) in [6, 6.07) is 3.76. The summed E-state index contributed by atoms with van der Waals surface area (Å²) in [4.78, 5) is 16.8. The van der Waals surface area contributed by atoms with Crippen LogP contribution in [0.2, 0.25) is 0 Å². The molecule has 0 aliphatic carbocycles. The lowest BCUT2D eigenvalue weighted by Crippen LogP contribution is -2.44. The number of fused-ring (bicyclic) bond motifs is 1. The van der Waals surface area contributed by atoms with Gasteiger partial charge in [-0.25, -0.2) is 4.79 Å². The van der Waals surface area contributed by atoms with E-state index in [-0.39, 0.29) is 18.1 Å². The van der Waals surface area contributed by atoms with Gasteiger partial charge in [0.15, 0.2) is 0 Å². The average Bonchev–Trinajstić information content (AvgIpc) is 2.98. The van der Waals surface area contributed by atoms with Gasteiger partial charge in [-0.3, -0.25) is 15.8 Å². The van der Waals surface area contributed by atoms with E-state index in [1.165, 1.54) is 0 Å². The summed E-state index contributed by atoms with van der Waals surface area (Å²) < 4.78 is 5.69. The van der Waals surface area contributed by atoms with Crippen molar-refractivity contribution in [3.63, 3.8) is 0 Å². The molecule has 2 aliphatic heterocycles. The van der Waals surface area contributed by atoms with Gasteiger partial charge in [0, 0.05) is 31.2 Å². The molecule has 1 aromatic heterocycles. The Labute approximate surface area is 111 Å². The van der Waals surface area contributed by atoms with Crippen molar-refractivity contribution in [2.24, 2.45) is 11.7 Å². The fraction of sp³-hybridized carbons (Fsp3) is 0.500. The van der Waals surface area contributed by atoms with Crippen LogP contribution in [0.15, 0.2) is 24.5 Å². The summed E-state index contributed by atoms with van der Waals surface area (Å²) in [5, 5.41) is 0. The molecular formula is C12H17N5O2. The molecule has 0 bridgehead atoms. The molecule has 2 fully saturated rings. The molecule has 0 radical (unpaired) electrons. The molecule has 0 spiro atoms. The minimum Gasteiger partial charge on any atom is -0.490 e. The van der Waals surface area contributed by atoms with Gasteiger partial charge in [0.1, 0.15) is 12.4 Å². The molecular weight excluding hydrogens is 246 g/mol. The van der Waals surface area contributed by atoms with E-state index in [0.29, 0.717) is 25.6 Å². The van der Waals surface area contributed by atoms with Crippen LogP contribution in [0.5, 0.6) is 5.75 Å². The largest absolute Gasteiger partial charge is 0.490 e. The van der Waals surface area contributed by atoms with Crippen molar-refractivity contribution < 1.29 is 9.53 Å². The summed E-state index contributed by atoms with van der Waals surface area (Å²) in [5.74, 6) is 1.07. The zero-order valence-electron chi connectivity index (χ0n) is 10.5. The zero-order chi connectivity index (χ0) is 13.2. The van der Waals surface area contributed by atoms with E-state index in [2.05, 4.69) is 15.8 Å². The van der Waals surface area contributed by atoms with Gasteiger partial charge in [0.2, 0.25) is 0 Å². The molecule has 3 heterocycles. The van der Waals surface area contributed by atoms with E-state index in [9.17, 15) is 4.79 Å². The molecule has 3 rings (SSSR count). The van der Waals surface area contributed by atoms with Gasteiger partial charge in [-0.2, -0.15) is 0 Å². The lowest BCUT2D eigenvalue weighted by molar-refractivity contribution is 0.205. The van der Waals surface area contributed by atoms with Gasteiger partial charge in [0.05, 0.1) is 12.2 Å². The monoisotopic (exact) mass is 263 g/mol. The maximum atomic E-state index is 11.2. The molecule has 2 saturated heterocycles. The maximum Gasteiger partial charge on any atom is 0.314 e. The number of ether oxygens (including phenoxy) is 1. The second kappa shape index (κ2) is 5.02. The second-order valence-electron chi connectivity index (χ2n) is 4.91. The van der Waals surface area contributed by atoms with E-state index >= 15 is 0 Å². The highest BCUT2D eigenvalue weighted by Crippen LogP contribution is 2.24. The number of rotatable bonds is 3. The second-order valence-corrected chi connectivity index (χ2v) is 4.91. The molecule has 7 nitrogen and oxygen atoms in total. The van der Waals surface area contributed by atoms with Gasteiger partial charge < -0.3 is 15.4 Å². The quantitative estimate of drug-likeness (QED) is 0.671. The van der Waals surface area contributed by atoms with Gasteiger partial charge in [-0.15, -0.1) is 0 Å². The van der Waals surface area contributed by atoms with Gasteiger partial charge in [-0.1, -0.05) is 0 Å². The van der Waals surface area contributed by atoms with Crippen LogP contribution >= 0.6 is 0 Å². The Hall–Kier alpha value is -1.86. The van der Waals surface area contributed by atoms with E-state index in [1.54, 1.807) is 17.3 Å². The highest BCUT2D eigenvalue weighted by Gasteiger charge is 2.43. The third-order valence-corrected chi connectivity index (χ3v) is 3.71. The SMILES string of the molecule is NC(=O)N1CC2NNC(COc3cccnc3)C2C1. The van der Waals surface area contributed by atoms with Crippen LogP contribution < -0.4 is 21.3 Å². The Morgan fingerprint density at radius 1 is 1.53 bits per heavy atom. The zero-order valence-corrected chi connectivity index (χ0v) is 10.5. The number of carbonyl (C=O) groups is 1. The van der Waals surface area contributed by atoms with Crippen molar-refractivity contribution in [2.45, 2.75) is 12.1 Å². The van der Waals surface area contributed by atoms with Crippen molar-refractivity contribution in [3.8, 4) is 5.75 Å². The van der Waals surface area contributed by atoms with E-state index in [1.807, 2.05) is 12.1 Å². The molecule has 0 aromatic carbocycles. The highest BCUT2D eigenvalue weighted by molar-refractivity contribution is 5.72. The first kappa shape index (κ1) is 12.2. The Balaban J connectivity index is 1.57. The molecule has 2 aliphatic rings. The molecule has 3 unspecified atom stereocenters. The van der Waals surface area contributed by atoms with Crippen LogP contribution in [0.4, 0.5) is 4.79 Å². The third kappa shape index (κ3) is 2.47. The van der Waals surface area contributed by atoms with Crippen molar-refractivity contribution in [2.75, 3.05) is 19.7 Å². The Morgan fingerprint density at radius 3 is 3.16 bits per heavy atom. The number of likely N-dealkylation sites (tertiary alicyclic amines) is 1. The van der Waals surface area contributed by atoms with E-state index in [0.717, 1.165) is 5.75 Å². The number of nitrogens with two attached hydrogens (primary N) is 1. The number of carbonyl (C=O) groups excluding carboxylic acids is 1. The first-order chi connectivity index (χ1) is 9.24. The fourth-order valence-electron chi connectivity index (χ4n) is 2.67. The van der Waals surface area contributed by atoms with Crippen LogP contribution in [-0.2, 0) is 0 Å². The van der Waals surface area contributed by atoms with Crippen molar-refractivity contribution in [1.29, 1.82) is 0 Å². The molecule has 4 N–H and O–H groups in total. The number of hydrazine groups is 1. The number of primary amides is 1. The average molecular weight is 263 g/mol. The van der Waals surface area contributed by atoms with Crippen molar-refractivity contribution in [1.82, 2.24) is 20.7 Å². The maximum absolute atomic E-state index is 11.2. The molecule has 1 aromatic rings. The van der Waals surface area contributed by atoms with E-state index in [4.69, 9.17) is 10.5 Å². The first-order valence-corrected chi connectivity index (χ1v) is 6.32. The van der Waals surface area contributed by atoms with Crippen molar-refractivity contribution in [3.05, 3.63) is 24.5 Å². The number of amides is 2. The first-order valence-electron chi connectivity index (χ1n) is 6.32. The summed E-state index contributed by atoms with van der Waals surface area (Å²) in [7, 11) is 0. The number of nitrogens with zero attached hydrogens (tertiary/aromatic N) is 2. The minimum absolute atomic E-state index is 0.162. The number of pyridine rings is 1. The minimum atomic E-state index is -0.358. The van der Waals surface area contributed by atoms with Gasteiger partial charge in [0.25, 0.3) is 0 Å². The van der Waals surface area contributed by atoms with Crippen LogP contribution in [0.3, 0.4) is 0 Å². The van der Waals surface area contributed by atoms with Crippen LogP contribution in [0.25, 0.3) is 0 Å².